The zero-order chi connectivity index (χ0) is 14.3. The van der Waals surface area contributed by atoms with Gasteiger partial charge in [0, 0.05) is 18.2 Å². The van der Waals surface area contributed by atoms with E-state index in [9.17, 15) is 4.39 Å². The monoisotopic (exact) mass is 287 g/mol. The molecule has 0 aliphatic heterocycles. The molecule has 0 radical (unpaired) electrons. The molecule has 0 heterocycles. The van der Waals surface area contributed by atoms with E-state index in [2.05, 4.69) is 12.2 Å². The predicted molar refractivity (Wildman–Crippen MR) is 78.3 cm³/mol. The van der Waals surface area contributed by atoms with Gasteiger partial charge in [-0.3, -0.25) is 0 Å². The molecule has 19 heavy (non-hydrogen) atoms. The van der Waals surface area contributed by atoms with Crippen molar-refractivity contribution in [2.75, 3.05) is 13.7 Å². The van der Waals surface area contributed by atoms with Gasteiger partial charge in [-0.2, -0.15) is 0 Å². The lowest BCUT2D eigenvalue weighted by molar-refractivity contribution is 0.100. The largest absolute Gasteiger partial charge is 0.382 e. The first-order valence-corrected chi connectivity index (χ1v) is 7.14. The van der Waals surface area contributed by atoms with E-state index in [4.69, 9.17) is 16.3 Å². The Labute approximate surface area is 120 Å². The fourth-order valence-corrected chi connectivity index (χ4v) is 2.28. The van der Waals surface area contributed by atoms with Gasteiger partial charge in [0.25, 0.3) is 0 Å². The number of rotatable bonds is 8. The molecule has 1 rings (SSSR count). The normalized spacial score (nSPS) is 14.4. The third-order valence-electron chi connectivity index (χ3n) is 3.18. The number of halogens is 2. The molecular weight excluding hydrogens is 265 g/mol. The Morgan fingerprint density at radius 3 is 2.74 bits per heavy atom. The van der Waals surface area contributed by atoms with Crippen LogP contribution in [0.4, 0.5) is 4.39 Å². The summed E-state index contributed by atoms with van der Waals surface area (Å²) in [6.07, 6.45) is 2.96. The summed E-state index contributed by atoms with van der Waals surface area (Å²) in [6, 6.07) is 4.87. The molecule has 0 spiro atoms. The van der Waals surface area contributed by atoms with Crippen LogP contribution in [0, 0.1) is 5.82 Å². The maximum absolute atomic E-state index is 13.0. The molecule has 2 atom stereocenters. The van der Waals surface area contributed by atoms with Crippen molar-refractivity contribution in [2.45, 2.75) is 45.3 Å². The zero-order valence-corrected chi connectivity index (χ0v) is 12.6. The van der Waals surface area contributed by atoms with Gasteiger partial charge in [-0.25, -0.2) is 4.39 Å². The highest BCUT2D eigenvalue weighted by Crippen LogP contribution is 2.20. The van der Waals surface area contributed by atoms with Crippen molar-refractivity contribution >= 4 is 11.6 Å². The molecule has 2 nitrogen and oxygen atoms in total. The van der Waals surface area contributed by atoms with Gasteiger partial charge in [0.1, 0.15) is 5.82 Å². The first-order valence-electron chi connectivity index (χ1n) is 6.76. The summed E-state index contributed by atoms with van der Waals surface area (Å²) in [4.78, 5) is 0. The summed E-state index contributed by atoms with van der Waals surface area (Å²) in [5.41, 5.74) is 0.972. The van der Waals surface area contributed by atoms with Crippen LogP contribution in [0.2, 0.25) is 5.02 Å². The molecule has 0 fully saturated rings. The SMILES string of the molecule is CCCNC(Cc1ccc(F)cc1Cl)CC(C)OC. The lowest BCUT2D eigenvalue weighted by Gasteiger charge is -2.22. The Bertz CT molecular complexity index is 386. The predicted octanol–water partition coefficient (Wildman–Crippen LogP) is 3.81. The molecule has 4 heteroatoms. The van der Waals surface area contributed by atoms with Crippen LogP contribution in [0.3, 0.4) is 0 Å². The highest BCUT2D eigenvalue weighted by Gasteiger charge is 2.14. The number of methoxy groups -OCH3 is 1. The van der Waals surface area contributed by atoms with Gasteiger partial charge in [-0.1, -0.05) is 24.6 Å². The highest BCUT2D eigenvalue weighted by molar-refractivity contribution is 6.31. The molecule has 1 aromatic carbocycles. The van der Waals surface area contributed by atoms with Crippen LogP contribution in [0.25, 0.3) is 0 Å². The second-order valence-corrected chi connectivity index (χ2v) is 5.28. The molecule has 0 aromatic heterocycles. The molecule has 0 saturated heterocycles. The molecule has 0 saturated carbocycles. The van der Waals surface area contributed by atoms with E-state index in [-0.39, 0.29) is 18.0 Å². The van der Waals surface area contributed by atoms with E-state index < -0.39 is 0 Å². The Hall–Kier alpha value is -0.640. The minimum Gasteiger partial charge on any atom is -0.382 e. The number of nitrogens with one attached hydrogen (secondary N) is 1. The number of hydrogen-bond acceptors (Lipinski definition) is 2. The van der Waals surface area contributed by atoms with E-state index in [0.717, 1.165) is 31.4 Å². The highest BCUT2D eigenvalue weighted by atomic mass is 35.5. The number of ether oxygens (including phenoxy) is 1. The van der Waals surface area contributed by atoms with Crippen LogP contribution in [0.15, 0.2) is 18.2 Å². The van der Waals surface area contributed by atoms with Crippen molar-refractivity contribution < 1.29 is 9.13 Å². The van der Waals surface area contributed by atoms with Gasteiger partial charge in [-0.05, 0) is 50.4 Å². The van der Waals surface area contributed by atoms with Crippen LogP contribution >= 0.6 is 11.6 Å². The molecule has 1 aromatic rings. The van der Waals surface area contributed by atoms with Gasteiger partial charge in [0.05, 0.1) is 6.10 Å². The molecule has 0 aliphatic carbocycles. The second kappa shape index (κ2) is 8.51. The summed E-state index contributed by atoms with van der Waals surface area (Å²) >= 11 is 6.08. The topological polar surface area (TPSA) is 21.3 Å². The fraction of sp³-hybridized carbons (Fsp3) is 0.600. The van der Waals surface area contributed by atoms with Gasteiger partial charge in [-0.15, -0.1) is 0 Å². The Morgan fingerprint density at radius 1 is 1.42 bits per heavy atom. The average Bonchev–Trinajstić information content (AvgIpc) is 2.38. The molecular formula is C15H23ClFNO. The van der Waals surface area contributed by atoms with Gasteiger partial charge >= 0.3 is 0 Å². The first kappa shape index (κ1) is 16.4. The van der Waals surface area contributed by atoms with Crippen molar-refractivity contribution in [3.8, 4) is 0 Å². The van der Waals surface area contributed by atoms with Crippen molar-refractivity contribution in [2.24, 2.45) is 0 Å². The van der Waals surface area contributed by atoms with Crippen molar-refractivity contribution in [1.82, 2.24) is 5.32 Å². The zero-order valence-electron chi connectivity index (χ0n) is 11.9. The summed E-state index contributed by atoms with van der Waals surface area (Å²) < 4.78 is 18.3. The molecule has 2 unspecified atom stereocenters. The van der Waals surface area contributed by atoms with Crippen LogP contribution in [0.1, 0.15) is 32.3 Å². The summed E-state index contributed by atoms with van der Waals surface area (Å²) in [5, 5.41) is 3.99. The summed E-state index contributed by atoms with van der Waals surface area (Å²) in [6.45, 7) is 5.14. The van der Waals surface area contributed by atoms with Crippen LogP contribution in [-0.2, 0) is 11.2 Å². The van der Waals surface area contributed by atoms with Crippen molar-refractivity contribution in [1.29, 1.82) is 0 Å². The minimum atomic E-state index is -0.294. The van der Waals surface area contributed by atoms with Crippen LogP contribution in [0.5, 0.6) is 0 Å². The average molecular weight is 288 g/mol. The van der Waals surface area contributed by atoms with E-state index in [1.165, 1.54) is 12.1 Å². The number of benzene rings is 1. The lowest BCUT2D eigenvalue weighted by Crippen LogP contribution is -2.35. The minimum absolute atomic E-state index is 0.188. The van der Waals surface area contributed by atoms with E-state index >= 15 is 0 Å². The molecule has 108 valence electrons. The Morgan fingerprint density at radius 2 is 2.16 bits per heavy atom. The molecule has 1 N–H and O–H groups in total. The summed E-state index contributed by atoms with van der Waals surface area (Å²) in [5.74, 6) is -0.294. The molecule has 0 aliphatic rings. The second-order valence-electron chi connectivity index (χ2n) is 4.87. The van der Waals surface area contributed by atoms with Gasteiger partial charge in [0.15, 0.2) is 0 Å². The third kappa shape index (κ3) is 5.89. The maximum Gasteiger partial charge on any atom is 0.124 e. The van der Waals surface area contributed by atoms with Gasteiger partial charge in [0.2, 0.25) is 0 Å². The Kier molecular flexibility index (Phi) is 7.36. The smallest absolute Gasteiger partial charge is 0.124 e. The van der Waals surface area contributed by atoms with E-state index in [1.54, 1.807) is 13.2 Å². The quantitative estimate of drug-likeness (QED) is 0.785. The summed E-state index contributed by atoms with van der Waals surface area (Å²) in [7, 11) is 1.71. The van der Waals surface area contributed by atoms with Gasteiger partial charge < -0.3 is 10.1 Å². The first-order chi connectivity index (χ1) is 9.06. The standard InChI is InChI=1S/C15H23ClFNO/c1-4-7-18-14(8-11(2)19-3)9-12-5-6-13(17)10-15(12)16/h5-6,10-11,14,18H,4,7-9H2,1-3H3. The third-order valence-corrected chi connectivity index (χ3v) is 3.54. The maximum atomic E-state index is 13.0. The van der Waals surface area contributed by atoms with Crippen LogP contribution < -0.4 is 5.32 Å². The van der Waals surface area contributed by atoms with Crippen LogP contribution in [-0.4, -0.2) is 25.8 Å². The van der Waals surface area contributed by atoms with E-state index in [0.29, 0.717) is 5.02 Å². The molecule has 0 amide bonds. The van der Waals surface area contributed by atoms with Crippen molar-refractivity contribution in [3.05, 3.63) is 34.6 Å². The van der Waals surface area contributed by atoms with E-state index in [1.807, 2.05) is 6.92 Å². The number of hydrogen-bond donors (Lipinski definition) is 1. The Balaban J connectivity index is 2.69. The van der Waals surface area contributed by atoms with Crippen molar-refractivity contribution in [3.63, 3.8) is 0 Å². The molecule has 0 bridgehead atoms. The fourth-order valence-electron chi connectivity index (χ4n) is 2.04. The lowest BCUT2D eigenvalue weighted by atomic mass is 10.0.